The number of carbonyl (C=O) groups excluding carboxylic acids is 3. The first kappa shape index (κ1) is 41.3. The molecule has 58 heavy (non-hydrogen) atoms. The molecule has 0 bridgehead atoms. The van der Waals surface area contributed by atoms with E-state index in [1.807, 2.05) is 97.9 Å². The Kier molecular flexibility index (Phi) is 12.2. The summed E-state index contributed by atoms with van der Waals surface area (Å²) in [7, 11) is 0. The quantitative estimate of drug-likeness (QED) is 0.0295. The van der Waals surface area contributed by atoms with Crippen LogP contribution >= 0.6 is 24.4 Å². The zero-order chi connectivity index (χ0) is 41.2. The third-order valence-corrected chi connectivity index (χ3v) is 14.2. The summed E-state index contributed by atoms with van der Waals surface area (Å²) in [5.41, 5.74) is 8.82. The smallest absolute Gasteiger partial charge is 0.332 e. The summed E-state index contributed by atoms with van der Waals surface area (Å²) < 4.78 is 0. The predicted molar refractivity (Wildman–Crippen MR) is 228 cm³/mol. The highest BCUT2D eigenvalue weighted by atomic mass is 32.2. The van der Waals surface area contributed by atoms with Crippen molar-refractivity contribution in [1.29, 1.82) is 0 Å². The first-order valence-electron chi connectivity index (χ1n) is 19.7. The van der Waals surface area contributed by atoms with Gasteiger partial charge in [0.1, 0.15) is 17.3 Å². The van der Waals surface area contributed by atoms with Gasteiger partial charge in [0.25, 0.3) is 0 Å². The maximum atomic E-state index is 14.5. The van der Waals surface area contributed by atoms with Crippen molar-refractivity contribution in [2.75, 3.05) is 24.6 Å². The lowest BCUT2D eigenvalue weighted by atomic mass is 9.59. The summed E-state index contributed by atoms with van der Waals surface area (Å²) in [6.45, 7) is 5.64. The number of aliphatic hydroxyl groups excluding tert-OH is 1. The second kappa shape index (κ2) is 17.1. The number of amides is 1. The molecule has 2 saturated carbocycles. The molecule has 10 nitrogen and oxygen atoms in total. The fourth-order valence-corrected chi connectivity index (χ4v) is 10.7. The highest BCUT2D eigenvalue weighted by Crippen LogP contribution is 2.57. The zero-order valence-corrected chi connectivity index (χ0v) is 34.2. The van der Waals surface area contributed by atoms with Gasteiger partial charge in [-0.3, -0.25) is 14.4 Å². The Labute approximate surface area is 348 Å². The second-order valence-corrected chi connectivity index (χ2v) is 17.6. The molecule has 0 radical (unpaired) electrons. The Morgan fingerprint density at radius 3 is 2.10 bits per heavy atom. The van der Waals surface area contributed by atoms with Crippen molar-refractivity contribution in [1.82, 2.24) is 4.90 Å². The number of carboxylic acids is 1. The largest absolute Gasteiger partial charge is 0.511 e. The van der Waals surface area contributed by atoms with Gasteiger partial charge < -0.3 is 25.7 Å². The second-order valence-electron chi connectivity index (χ2n) is 15.9. The molecule has 2 aliphatic carbocycles. The number of oxime groups is 1. The summed E-state index contributed by atoms with van der Waals surface area (Å²) in [5.74, 6) is -3.35. The Morgan fingerprint density at radius 1 is 1.02 bits per heavy atom. The van der Waals surface area contributed by atoms with E-state index in [4.69, 9.17) is 15.7 Å². The predicted octanol–water partition coefficient (Wildman–Crippen LogP) is 7.12. The third kappa shape index (κ3) is 8.06. The number of fused-ring (bicyclic) bond motifs is 1. The van der Waals surface area contributed by atoms with Crippen molar-refractivity contribution >= 4 is 53.5 Å². The maximum Gasteiger partial charge on any atom is 0.332 e. The number of likely N-dealkylation sites (tertiary alicyclic amines) is 1. The topological polar surface area (TPSA) is 160 Å². The van der Waals surface area contributed by atoms with E-state index < -0.39 is 23.4 Å². The third-order valence-electron chi connectivity index (χ3n) is 12.2. The van der Waals surface area contributed by atoms with E-state index in [1.54, 1.807) is 11.8 Å². The number of nitrogens with two attached hydrogens (primary N) is 1. The molecule has 302 valence electrons. The minimum atomic E-state index is -1.25. The lowest BCUT2D eigenvalue weighted by Crippen LogP contribution is -2.49. The number of aliphatic carboxylic acids is 1. The lowest BCUT2D eigenvalue weighted by molar-refractivity contribution is -0.145. The highest BCUT2D eigenvalue weighted by Gasteiger charge is 2.56. The molecule has 6 unspecified atom stereocenters. The van der Waals surface area contributed by atoms with E-state index in [0.717, 1.165) is 23.1 Å². The van der Waals surface area contributed by atoms with Gasteiger partial charge in [0.05, 0.1) is 22.9 Å². The van der Waals surface area contributed by atoms with Gasteiger partial charge in [0.15, 0.2) is 5.78 Å². The first-order valence-corrected chi connectivity index (χ1v) is 21.4. The standard InChI is InChI=1S/C46H49N3O7S2/c1-28(50)25-49-21-20-30(43(49)53)22-31(26-57)40(44(54)55)39-29(2)37(42(39)52)18-19-38(51)41(32-23-36-24-45(36,47)58-27-32)48-56-46(33-12-6-3-7-13-33,34-14-8-4-9-15-34)35-16-10-5-11-17-35/h3-17,22,29,32,36-37,39,50,57H,1,18-21,23-27,47H2,2H3,(H,54,55)/b30-22+,40-31+,48-41-. The highest BCUT2D eigenvalue weighted by molar-refractivity contribution is 8.01. The van der Waals surface area contributed by atoms with Crippen LogP contribution in [0.2, 0.25) is 0 Å². The Balaban J connectivity index is 1.16. The van der Waals surface area contributed by atoms with E-state index in [1.165, 1.54) is 11.0 Å². The van der Waals surface area contributed by atoms with Gasteiger partial charge in [-0.1, -0.05) is 110 Å². The number of thioether (sulfide) groups is 1. The minimum absolute atomic E-state index is 0.00547. The van der Waals surface area contributed by atoms with Crippen LogP contribution in [0.5, 0.6) is 0 Å². The zero-order valence-electron chi connectivity index (χ0n) is 32.5. The molecule has 1 amide bonds. The van der Waals surface area contributed by atoms with E-state index in [2.05, 4.69) is 19.2 Å². The number of hydrogen-bond acceptors (Lipinski definition) is 10. The molecule has 3 aromatic carbocycles. The number of benzene rings is 3. The number of carboxylic acid groups (broad SMARTS) is 1. The molecular formula is C46H49N3O7S2. The summed E-state index contributed by atoms with van der Waals surface area (Å²) in [6.07, 6.45) is 3.72. The van der Waals surface area contributed by atoms with Crippen molar-refractivity contribution in [3.63, 3.8) is 0 Å². The molecule has 0 aromatic heterocycles. The average Bonchev–Trinajstić information content (AvgIpc) is 3.81. The van der Waals surface area contributed by atoms with Gasteiger partial charge in [-0.05, 0) is 49.2 Å². The van der Waals surface area contributed by atoms with Crippen molar-refractivity contribution in [2.45, 2.75) is 49.5 Å². The minimum Gasteiger partial charge on any atom is -0.511 e. The number of hydrogen-bond donors (Lipinski definition) is 4. The van der Waals surface area contributed by atoms with Gasteiger partial charge >= 0.3 is 5.97 Å². The van der Waals surface area contributed by atoms with E-state index in [-0.39, 0.29) is 76.6 Å². The Hall–Kier alpha value is -4.91. The van der Waals surface area contributed by atoms with Crippen LogP contribution in [0.25, 0.3) is 0 Å². The number of aliphatic hydroxyl groups is 1. The Morgan fingerprint density at radius 2 is 1.60 bits per heavy atom. The monoisotopic (exact) mass is 819 g/mol. The fourth-order valence-electron chi connectivity index (χ4n) is 8.94. The number of Topliss-reactive ketones (excluding diaryl/α,β-unsaturated/α-hetero) is 2. The van der Waals surface area contributed by atoms with Crippen LogP contribution < -0.4 is 5.73 Å². The molecular weight excluding hydrogens is 771 g/mol. The van der Waals surface area contributed by atoms with Crippen LogP contribution in [0.3, 0.4) is 0 Å². The van der Waals surface area contributed by atoms with Gasteiger partial charge in [0.2, 0.25) is 11.5 Å². The molecule has 2 heterocycles. The molecule has 4 aliphatic rings. The number of nitrogens with zero attached hydrogens (tertiary/aromatic N) is 2. The van der Waals surface area contributed by atoms with Crippen LogP contribution in [0.15, 0.2) is 131 Å². The van der Waals surface area contributed by atoms with E-state index >= 15 is 0 Å². The molecule has 0 spiro atoms. The molecule has 7 rings (SSSR count). The number of thiol groups is 1. The van der Waals surface area contributed by atoms with Crippen LogP contribution in [-0.2, 0) is 29.6 Å². The summed E-state index contributed by atoms with van der Waals surface area (Å²) in [4.78, 5) is 62.0. The SMILES string of the molecule is C=C(O)CN1CC/C(=C\C(CS)=C(/C(=O)O)C2C(=O)C(CCC(=O)/C(=N\OC(c3ccccc3)(c3ccccc3)c3ccccc3)C3CSC4(N)CC4C3)C2C)C1=O. The van der Waals surface area contributed by atoms with Crippen molar-refractivity contribution in [2.24, 2.45) is 40.5 Å². The summed E-state index contributed by atoms with van der Waals surface area (Å²) in [6, 6.07) is 29.5. The van der Waals surface area contributed by atoms with Gasteiger partial charge in [-0.2, -0.15) is 12.6 Å². The normalized spacial score (nSPS) is 26.7. The molecule has 12 heteroatoms. The van der Waals surface area contributed by atoms with E-state index in [9.17, 15) is 29.4 Å². The summed E-state index contributed by atoms with van der Waals surface area (Å²) >= 11 is 6.06. The fraction of sp³-hybridized carbons (Fsp3) is 0.370. The van der Waals surface area contributed by atoms with Gasteiger partial charge in [-0.25, -0.2) is 4.79 Å². The average molecular weight is 820 g/mol. The number of allylic oxidation sites excluding steroid dienone is 1. The molecule has 2 saturated heterocycles. The molecule has 2 aliphatic heterocycles. The lowest BCUT2D eigenvalue weighted by Gasteiger charge is -2.42. The van der Waals surface area contributed by atoms with Crippen LogP contribution in [0.1, 0.15) is 55.7 Å². The van der Waals surface area contributed by atoms with Gasteiger partial charge in [-0.15, -0.1) is 11.8 Å². The van der Waals surface area contributed by atoms with Gasteiger partial charge in [0, 0.05) is 58.6 Å². The maximum absolute atomic E-state index is 14.5. The molecule has 3 aromatic rings. The number of carbonyl (C=O) groups is 4. The molecule has 4 fully saturated rings. The van der Waals surface area contributed by atoms with Crippen LogP contribution in [0, 0.1) is 29.6 Å². The Bertz CT molecular complexity index is 2080. The van der Waals surface area contributed by atoms with Crippen LogP contribution in [-0.4, -0.2) is 73.7 Å². The van der Waals surface area contributed by atoms with Crippen molar-refractivity contribution in [3.05, 3.63) is 143 Å². The molecule has 6 atom stereocenters. The van der Waals surface area contributed by atoms with Crippen molar-refractivity contribution in [3.8, 4) is 0 Å². The molecule has 4 N–H and O–H groups in total. The van der Waals surface area contributed by atoms with E-state index in [0.29, 0.717) is 42.0 Å². The number of ketones is 2. The summed E-state index contributed by atoms with van der Waals surface area (Å²) in [5, 5.41) is 24.8. The van der Waals surface area contributed by atoms with Crippen LogP contribution in [0.4, 0.5) is 0 Å². The number of rotatable bonds is 16. The first-order chi connectivity index (χ1) is 27.9. The van der Waals surface area contributed by atoms with Crippen molar-refractivity contribution < 1.29 is 34.2 Å².